The molecule has 11 heteroatoms. The smallest absolute Gasteiger partial charge is 0.288 e. The lowest BCUT2D eigenvalue weighted by atomic mass is 10.0. The topological polar surface area (TPSA) is 130 Å². The molecular weight excluding hydrogens is 431 g/mol. The molecule has 164 valence electrons. The zero-order chi connectivity index (χ0) is 23.3. The molecule has 0 heterocycles. The van der Waals surface area contributed by atoms with Gasteiger partial charge in [-0.15, -0.1) is 0 Å². The number of hydrogen-bond acceptors (Lipinski definition) is 5. The summed E-state index contributed by atoms with van der Waals surface area (Å²) < 4.78 is 13.8. The molecular formula is C20H20ClFN4O5. The van der Waals surface area contributed by atoms with E-state index in [1.165, 1.54) is 31.2 Å². The van der Waals surface area contributed by atoms with E-state index in [1.807, 2.05) is 0 Å². The first-order valence-electron chi connectivity index (χ1n) is 9.12. The van der Waals surface area contributed by atoms with E-state index in [0.29, 0.717) is 0 Å². The third-order valence-electron chi connectivity index (χ3n) is 4.19. The van der Waals surface area contributed by atoms with Crippen molar-refractivity contribution in [1.29, 1.82) is 0 Å². The van der Waals surface area contributed by atoms with Crippen LogP contribution < -0.4 is 16.0 Å². The largest absolute Gasteiger partial charge is 0.340 e. The molecule has 0 fully saturated rings. The van der Waals surface area contributed by atoms with Gasteiger partial charge in [0.1, 0.15) is 16.9 Å². The van der Waals surface area contributed by atoms with Crippen LogP contribution in [0.4, 0.5) is 21.5 Å². The lowest BCUT2D eigenvalue weighted by Gasteiger charge is -2.22. The number of amides is 3. The van der Waals surface area contributed by atoms with Gasteiger partial charge in [-0.3, -0.25) is 24.5 Å². The second-order valence-corrected chi connectivity index (χ2v) is 7.39. The van der Waals surface area contributed by atoms with Crippen LogP contribution in [-0.4, -0.2) is 28.7 Å². The number of rotatable bonds is 7. The predicted octanol–water partition coefficient (Wildman–Crippen LogP) is 3.74. The summed E-state index contributed by atoms with van der Waals surface area (Å²) in [5.74, 6) is -2.79. The molecule has 1 atom stereocenters. The molecule has 0 aromatic heterocycles. The lowest BCUT2D eigenvalue weighted by Crippen LogP contribution is -2.47. The Bertz CT molecular complexity index is 1040. The first kappa shape index (κ1) is 23.7. The van der Waals surface area contributed by atoms with Crippen LogP contribution in [0.25, 0.3) is 0 Å². The number of anilines is 2. The van der Waals surface area contributed by atoms with Gasteiger partial charge < -0.3 is 16.0 Å². The molecule has 31 heavy (non-hydrogen) atoms. The molecule has 0 aliphatic heterocycles. The van der Waals surface area contributed by atoms with E-state index >= 15 is 0 Å². The molecule has 3 amide bonds. The SMILES string of the molecule is CC(=O)Nc1cc(NC(=O)C(NC(=O)c2ccc(Cl)c([N+](=O)[O-])c2)C(C)C)ccc1F. The molecule has 0 saturated heterocycles. The number of nitro benzene ring substituents is 1. The fraction of sp³-hybridized carbons (Fsp3) is 0.250. The second kappa shape index (κ2) is 9.98. The van der Waals surface area contributed by atoms with Crippen LogP contribution in [-0.2, 0) is 9.59 Å². The van der Waals surface area contributed by atoms with Crippen molar-refractivity contribution in [1.82, 2.24) is 5.32 Å². The van der Waals surface area contributed by atoms with E-state index in [2.05, 4.69) is 16.0 Å². The fourth-order valence-corrected chi connectivity index (χ4v) is 2.85. The quantitative estimate of drug-likeness (QED) is 0.437. The average molecular weight is 451 g/mol. The highest BCUT2D eigenvalue weighted by Crippen LogP contribution is 2.25. The predicted molar refractivity (Wildman–Crippen MR) is 114 cm³/mol. The van der Waals surface area contributed by atoms with Crippen molar-refractivity contribution in [3.05, 3.63) is 62.9 Å². The Morgan fingerprint density at radius 2 is 1.77 bits per heavy atom. The lowest BCUT2D eigenvalue weighted by molar-refractivity contribution is -0.384. The van der Waals surface area contributed by atoms with Gasteiger partial charge in [-0.05, 0) is 36.2 Å². The highest BCUT2D eigenvalue weighted by molar-refractivity contribution is 6.32. The summed E-state index contributed by atoms with van der Waals surface area (Å²) in [4.78, 5) is 46.8. The molecule has 9 nitrogen and oxygen atoms in total. The summed E-state index contributed by atoms with van der Waals surface area (Å²) in [6.45, 7) is 4.61. The number of nitro groups is 1. The van der Waals surface area contributed by atoms with Crippen molar-refractivity contribution in [3.63, 3.8) is 0 Å². The van der Waals surface area contributed by atoms with Crippen LogP contribution in [0.1, 0.15) is 31.1 Å². The van der Waals surface area contributed by atoms with E-state index in [0.717, 1.165) is 12.1 Å². The number of carbonyl (C=O) groups excluding carboxylic acids is 3. The third kappa shape index (κ3) is 6.22. The highest BCUT2D eigenvalue weighted by Gasteiger charge is 2.26. The normalized spacial score (nSPS) is 11.5. The van der Waals surface area contributed by atoms with Gasteiger partial charge in [0.25, 0.3) is 11.6 Å². The van der Waals surface area contributed by atoms with Gasteiger partial charge in [0.05, 0.1) is 10.6 Å². The van der Waals surface area contributed by atoms with E-state index in [-0.39, 0.29) is 27.9 Å². The molecule has 0 spiro atoms. The Labute approximate surface area is 182 Å². The Kier molecular flexibility index (Phi) is 7.65. The maximum Gasteiger partial charge on any atom is 0.288 e. The molecule has 0 aliphatic rings. The van der Waals surface area contributed by atoms with Gasteiger partial charge in [0, 0.05) is 24.2 Å². The van der Waals surface area contributed by atoms with Gasteiger partial charge in [0.2, 0.25) is 11.8 Å². The number of nitrogens with zero attached hydrogens (tertiary/aromatic N) is 1. The van der Waals surface area contributed by atoms with Crippen molar-refractivity contribution >= 4 is 46.4 Å². The number of nitrogens with one attached hydrogen (secondary N) is 3. The molecule has 3 N–H and O–H groups in total. The van der Waals surface area contributed by atoms with Crippen LogP contribution in [0.3, 0.4) is 0 Å². The maximum atomic E-state index is 13.8. The summed E-state index contributed by atoms with van der Waals surface area (Å²) in [5.41, 5.74) is -0.373. The van der Waals surface area contributed by atoms with Crippen molar-refractivity contribution in [2.45, 2.75) is 26.8 Å². The minimum Gasteiger partial charge on any atom is -0.340 e. The van der Waals surface area contributed by atoms with Gasteiger partial charge in [-0.25, -0.2) is 4.39 Å². The maximum absolute atomic E-state index is 13.8. The number of carbonyl (C=O) groups is 3. The molecule has 2 aromatic carbocycles. The van der Waals surface area contributed by atoms with Crippen LogP contribution >= 0.6 is 11.6 Å². The van der Waals surface area contributed by atoms with Crippen molar-refractivity contribution in [3.8, 4) is 0 Å². The summed E-state index contributed by atoms with van der Waals surface area (Å²) in [6, 6.07) is 6.18. The van der Waals surface area contributed by atoms with Gasteiger partial charge >= 0.3 is 0 Å². The first-order chi connectivity index (χ1) is 14.5. The van der Waals surface area contributed by atoms with Crippen molar-refractivity contribution in [2.75, 3.05) is 10.6 Å². The molecule has 0 radical (unpaired) electrons. The van der Waals surface area contributed by atoms with Crippen LogP contribution in [0, 0.1) is 21.8 Å². The second-order valence-electron chi connectivity index (χ2n) is 6.98. The standard InChI is InChI=1S/C20H20ClFN4O5/c1-10(2)18(25-19(28)12-4-6-14(21)17(8-12)26(30)31)20(29)24-13-5-7-15(22)16(9-13)23-11(3)27/h4-10,18H,1-3H3,(H,23,27)(H,24,29)(H,25,28). The Balaban J connectivity index is 2.20. The first-order valence-corrected chi connectivity index (χ1v) is 9.50. The zero-order valence-corrected chi connectivity index (χ0v) is 17.6. The summed E-state index contributed by atoms with van der Waals surface area (Å²) in [6.07, 6.45) is 0. The molecule has 2 aromatic rings. The van der Waals surface area contributed by atoms with E-state index in [1.54, 1.807) is 13.8 Å². The molecule has 1 unspecified atom stereocenters. The fourth-order valence-electron chi connectivity index (χ4n) is 2.66. The minimum atomic E-state index is -1.00. The molecule has 2 rings (SSSR count). The van der Waals surface area contributed by atoms with Gasteiger partial charge in [0.15, 0.2) is 0 Å². The molecule has 0 bridgehead atoms. The third-order valence-corrected chi connectivity index (χ3v) is 4.50. The number of hydrogen-bond donors (Lipinski definition) is 3. The monoisotopic (exact) mass is 450 g/mol. The Morgan fingerprint density at radius 1 is 1.10 bits per heavy atom. The van der Waals surface area contributed by atoms with E-state index < -0.39 is 40.2 Å². The van der Waals surface area contributed by atoms with Gasteiger partial charge in [-0.1, -0.05) is 25.4 Å². The summed E-state index contributed by atoms with van der Waals surface area (Å²) in [7, 11) is 0. The number of benzene rings is 2. The van der Waals surface area contributed by atoms with Crippen molar-refractivity contribution in [2.24, 2.45) is 5.92 Å². The molecule has 0 aliphatic carbocycles. The van der Waals surface area contributed by atoms with E-state index in [4.69, 9.17) is 11.6 Å². The Hall–Kier alpha value is -3.53. The highest BCUT2D eigenvalue weighted by atomic mass is 35.5. The average Bonchev–Trinajstić information content (AvgIpc) is 2.67. The van der Waals surface area contributed by atoms with Crippen molar-refractivity contribution < 1.29 is 23.7 Å². The minimum absolute atomic E-state index is 0.0377. The number of halogens is 2. The van der Waals surface area contributed by atoms with Gasteiger partial charge in [-0.2, -0.15) is 0 Å². The van der Waals surface area contributed by atoms with E-state index in [9.17, 15) is 28.9 Å². The van der Waals surface area contributed by atoms with Crippen LogP contribution in [0.5, 0.6) is 0 Å². The summed E-state index contributed by atoms with van der Waals surface area (Å²) >= 11 is 5.76. The Morgan fingerprint density at radius 3 is 2.35 bits per heavy atom. The zero-order valence-electron chi connectivity index (χ0n) is 16.9. The molecule has 0 saturated carbocycles. The van der Waals surface area contributed by atoms with Crippen LogP contribution in [0.15, 0.2) is 36.4 Å². The van der Waals surface area contributed by atoms with Crippen LogP contribution in [0.2, 0.25) is 5.02 Å². The summed E-state index contributed by atoms with van der Waals surface area (Å²) in [5, 5.41) is 18.3.